The van der Waals surface area contributed by atoms with Crippen LogP contribution in [0.1, 0.15) is 49.0 Å². The molecular weight excluding hydrogens is 436 g/mol. The van der Waals surface area contributed by atoms with Gasteiger partial charge in [-0.05, 0) is 61.3 Å². The van der Waals surface area contributed by atoms with Crippen LogP contribution in [0.15, 0.2) is 53.4 Å². The second-order valence-electron chi connectivity index (χ2n) is 9.62. The molecule has 3 atom stereocenters. The lowest BCUT2D eigenvalue weighted by molar-refractivity contribution is 0.0736. The summed E-state index contributed by atoms with van der Waals surface area (Å²) in [5.74, 6) is 0.748. The van der Waals surface area contributed by atoms with Crippen LogP contribution in [0.2, 0.25) is 0 Å². The van der Waals surface area contributed by atoms with Gasteiger partial charge in [-0.3, -0.25) is 4.79 Å². The van der Waals surface area contributed by atoms with Crippen molar-refractivity contribution in [2.45, 2.75) is 50.5 Å². The number of carbonyl (C=O) groups excluding carboxylic acids is 1. The van der Waals surface area contributed by atoms with E-state index in [0.29, 0.717) is 37.0 Å². The molecule has 4 rings (SSSR count). The van der Waals surface area contributed by atoms with Gasteiger partial charge in [0.15, 0.2) is 0 Å². The summed E-state index contributed by atoms with van der Waals surface area (Å²) in [4.78, 5) is 15.5. The van der Waals surface area contributed by atoms with Gasteiger partial charge in [-0.15, -0.1) is 0 Å². The smallest absolute Gasteiger partial charge is 0.254 e. The summed E-state index contributed by atoms with van der Waals surface area (Å²) in [6, 6.07) is 15.1. The van der Waals surface area contributed by atoms with E-state index >= 15 is 0 Å². The van der Waals surface area contributed by atoms with E-state index in [1.165, 1.54) is 18.7 Å². The van der Waals surface area contributed by atoms with Crippen LogP contribution in [0.5, 0.6) is 5.75 Å². The van der Waals surface area contributed by atoms with Crippen molar-refractivity contribution < 1.29 is 17.9 Å². The minimum atomic E-state index is -3.77. The van der Waals surface area contributed by atoms with Crippen molar-refractivity contribution in [3.8, 4) is 5.75 Å². The lowest BCUT2D eigenvalue weighted by atomic mass is 9.94. The van der Waals surface area contributed by atoms with Crippen LogP contribution in [0.3, 0.4) is 0 Å². The first-order chi connectivity index (χ1) is 15.8. The Morgan fingerprint density at radius 2 is 1.76 bits per heavy atom. The number of sulfonamides is 1. The Balaban J connectivity index is 1.61. The number of nitrogens with zero attached hydrogens (tertiary/aromatic N) is 2. The van der Waals surface area contributed by atoms with E-state index in [4.69, 9.17) is 4.74 Å². The molecule has 7 heteroatoms. The van der Waals surface area contributed by atoms with Gasteiger partial charge in [0, 0.05) is 31.2 Å². The minimum Gasteiger partial charge on any atom is -0.495 e. The first kappa shape index (κ1) is 23.8. The van der Waals surface area contributed by atoms with E-state index in [1.807, 2.05) is 23.1 Å². The standard InChI is InChI=1S/C26H34N2O4S/c1-19-14-20(2)18-27(17-19)33(30,31)25-16-22(11-12-24(25)32-3)26(29)28-13-7-10-23(28)15-21-8-5-4-6-9-21/h4-6,8-9,11-12,16,19-20,23H,7,10,13-15,17-18H2,1-3H3. The highest BCUT2D eigenvalue weighted by Crippen LogP contribution is 2.33. The SMILES string of the molecule is COc1ccc(C(=O)N2CCCC2Cc2ccccc2)cc1S(=O)(=O)N1CC(C)CC(C)C1. The fourth-order valence-electron chi connectivity index (χ4n) is 5.32. The van der Waals surface area contributed by atoms with Gasteiger partial charge in [0.1, 0.15) is 10.6 Å². The van der Waals surface area contributed by atoms with E-state index in [0.717, 1.165) is 25.7 Å². The number of rotatable bonds is 6. The summed E-state index contributed by atoms with van der Waals surface area (Å²) in [6.07, 6.45) is 3.72. The quantitative estimate of drug-likeness (QED) is 0.634. The molecule has 0 radical (unpaired) electrons. The Labute approximate surface area is 197 Å². The van der Waals surface area contributed by atoms with E-state index in [2.05, 4.69) is 26.0 Å². The maximum Gasteiger partial charge on any atom is 0.254 e. The molecule has 2 fully saturated rings. The third-order valence-electron chi connectivity index (χ3n) is 6.82. The third-order valence-corrected chi connectivity index (χ3v) is 8.67. The third kappa shape index (κ3) is 5.09. The predicted octanol–water partition coefficient (Wildman–Crippen LogP) is 4.21. The molecule has 2 aliphatic heterocycles. The minimum absolute atomic E-state index is 0.0796. The maximum atomic E-state index is 13.6. The van der Waals surface area contributed by atoms with Crippen molar-refractivity contribution in [3.63, 3.8) is 0 Å². The average Bonchev–Trinajstić information content (AvgIpc) is 3.26. The Kier molecular flexibility index (Phi) is 7.10. The van der Waals surface area contributed by atoms with Crippen LogP contribution < -0.4 is 4.74 Å². The van der Waals surface area contributed by atoms with Crippen LogP contribution in [0.25, 0.3) is 0 Å². The first-order valence-electron chi connectivity index (χ1n) is 11.8. The summed E-state index contributed by atoms with van der Waals surface area (Å²) < 4.78 is 34.1. The highest BCUT2D eigenvalue weighted by atomic mass is 32.2. The zero-order valence-electron chi connectivity index (χ0n) is 19.7. The highest BCUT2D eigenvalue weighted by Gasteiger charge is 2.35. The maximum absolute atomic E-state index is 13.6. The van der Waals surface area contributed by atoms with Gasteiger partial charge in [-0.25, -0.2) is 8.42 Å². The molecule has 2 aromatic rings. The van der Waals surface area contributed by atoms with Crippen molar-refractivity contribution >= 4 is 15.9 Å². The molecule has 6 nitrogen and oxygen atoms in total. The van der Waals surface area contributed by atoms with Crippen LogP contribution >= 0.6 is 0 Å². The number of methoxy groups -OCH3 is 1. The van der Waals surface area contributed by atoms with E-state index in [1.54, 1.807) is 16.4 Å². The van der Waals surface area contributed by atoms with Crippen molar-refractivity contribution in [1.29, 1.82) is 0 Å². The number of amides is 1. The molecule has 2 aromatic carbocycles. The molecule has 0 saturated carbocycles. The van der Waals surface area contributed by atoms with Crippen molar-refractivity contribution in [1.82, 2.24) is 9.21 Å². The van der Waals surface area contributed by atoms with Gasteiger partial charge in [0.2, 0.25) is 10.0 Å². The summed E-state index contributed by atoms with van der Waals surface area (Å²) >= 11 is 0. The van der Waals surface area contributed by atoms with Crippen LogP contribution in [-0.2, 0) is 16.4 Å². The first-order valence-corrected chi connectivity index (χ1v) is 13.3. The number of carbonyl (C=O) groups is 1. The van der Waals surface area contributed by atoms with E-state index < -0.39 is 10.0 Å². The zero-order chi connectivity index (χ0) is 23.6. The molecule has 0 spiro atoms. The van der Waals surface area contributed by atoms with Gasteiger partial charge in [0.25, 0.3) is 5.91 Å². The zero-order valence-corrected chi connectivity index (χ0v) is 20.6. The highest BCUT2D eigenvalue weighted by molar-refractivity contribution is 7.89. The second kappa shape index (κ2) is 9.85. The topological polar surface area (TPSA) is 66.9 Å². The second-order valence-corrected chi connectivity index (χ2v) is 11.5. The summed E-state index contributed by atoms with van der Waals surface area (Å²) in [7, 11) is -2.31. The average molecular weight is 471 g/mol. The molecular formula is C26H34N2O4S. The Bertz CT molecular complexity index is 1080. The molecule has 0 bridgehead atoms. The molecule has 2 heterocycles. The Morgan fingerprint density at radius 3 is 2.42 bits per heavy atom. The Hall–Kier alpha value is -2.38. The summed E-state index contributed by atoms with van der Waals surface area (Å²) in [5.41, 5.74) is 1.60. The number of hydrogen-bond acceptors (Lipinski definition) is 4. The van der Waals surface area contributed by atoms with Crippen molar-refractivity contribution in [3.05, 3.63) is 59.7 Å². The van der Waals surface area contributed by atoms with E-state index in [9.17, 15) is 13.2 Å². The fraction of sp³-hybridized carbons (Fsp3) is 0.500. The van der Waals surface area contributed by atoms with Crippen LogP contribution in [0.4, 0.5) is 0 Å². The van der Waals surface area contributed by atoms with Gasteiger partial charge >= 0.3 is 0 Å². The van der Waals surface area contributed by atoms with Crippen molar-refractivity contribution in [2.24, 2.45) is 11.8 Å². The lowest BCUT2D eigenvalue weighted by Gasteiger charge is -2.34. The lowest BCUT2D eigenvalue weighted by Crippen LogP contribution is -2.42. The predicted molar refractivity (Wildman–Crippen MR) is 129 cm³/mol. The van der Waals surface area contributed by atoms with Gasteiger partial charge in [-0.1, -0.05) is 44.2 Å². The molecule has 0 N–H and O–H groups in total. The molecule has 2 aliphatic rings. The molecule has 0 aromatic heterocycles. The molecule has 1 amide bonds. The number of likely N-dealkylation sites (tertiary alicyclic amines) is 1. The van der Waals surface area contributed by atoms with Crippen LogP contribution in [0, 0.1) is 11.8 Å². The number of hydrogen-bond donors (Lipinski definition) is 0. The number of piperidine rings is 1. The number of benzene rings is 2. The molecule has 2 saturated heterocycles. The Morgan fingerprint density at radius 1 is 1.06 bits per heavy atom. The van der Waals surface area contributed by atoms with E-state index in [-0.39, 0.29) is 22.6 Å². The van der Waals surface area contributed by atoms with Crippen molar-refractivity contribution in [2.75, 3.05) is 26.7 Å². The number of ether oxygens (including phenoxy) is 1. The van der Waals surface area contributed by atoms with Crippen LogP contribution in [-0.4, -0.2) is 56.3 Å². The molecule has 33 heavy (non-hydrogen) atoms. The van der Waals surface area contributed by atoms with Gasteiger partial charge < -0.3 is 9.64 Å². The normalized spacial score (nSPS) is 24.1. The fourth-order valence-corrected chi connectivity index (χ4v) is 7.18. The summed E-state index contributed by atoms with van der Waals surface area (Å²) in [6.45, 7) is 5.81. The van der Waals surface area contributed by atoms with Gasteiger partial charge in [0.05, 0.1) is 7.11 Å². The molecule has 0 aliphatic carbocycles. The monoisotopic (exact) mass is 470 g/mol. The molecule has 3 unspecified atom stereocenters. The summed E-state index contributed by atoms with van der Waals surface area (Å²) in [5, 5.41) is 0. The molecule has 178 valence electrons. The largest absolute Gasteiger partial charge is 0.495 e. The van der Waals surface area contributed by atoms with Gasteiger partial charge in [-0.2, -0.15) is 4.31 Å².